The Morgan fingerprint density at radius 1 is 1.11 bits per heavy atom. The number of hydrogen-bond donors (Lipinski definition) is 1. The molecule has 1 rings (SSSR count). The van der Waals surface area contributed by atoms with Crippen LogP contribution in [0.2, 0.25) is 0 Å². The Kier molecular flexibility index (Phi) is 8.52. The van der Waals surface area contributed by atoms with Gasteiger partial charge in [0.05, 0.1) is 0 Å². The van der Waals surface area contributed by atoms with E-state index in [2.05, 4.69) is 56.4 Å². The second kappa shape index (κ2) is 9.99. The maximum Gasteiger partial charge on any atom is 0.0469 e. The number of ether oxygens (including phenoxy) is 1. The number of rotatable bonds is 10. The first-order valence-corrected chi connectivity index (χ1v) is 7.54. The van der Waals surface area contributed by atoms with Crippen LogP contribution in [0.5, 0.6) is 0 Å². The van der Waals surface area contributed by atoms with Crippen molar-refractivity contribution < 1.29 is 4.74 Å². The quantitative estimate of drug-likeness (QED) is 0.652. The molecular weight excluding hydrogens is 234 g/mol. The third kappa shape index (κ3) is 8.02. The summed E-state index contributed by atoms with van der Waals surface area (Å²) in [6.07, 6.45) is 2.27. The molecule has 0 heterocycles. The molecule has 0 fully saturated rings. The molecule has 2 nitrogen and oxygen atoms in total. The summed E-state index contributed by atoms with van der Waals surface area (Å²) in [6.45, 7) is 10.4. The lowest BCUT2D eigenvalue weighted by Crippen LogP contribution is -2.28. The van der Waals surface area contributed by atoms with Crippen LogP contribution in [0.25, 0.3) is 0 Å². The third-order valence-corrected chi connectivity index (χ3v) is 3.23. The van der Waals surface area contributed by atoms with Crippen LogP contribution in [0.4, 0.5) is 0 Å². The summed E-state index contributed by atoms with van der Waals surface area (Å²) in [4.78, 5) is 0. The summed E-state index contributed by atoms with van der Waals surface area (Å²) in [5.41, 5.74) is 1.43. The normalized spacial score (nSPS) is 12.8. The first-order valence-electron chi connectivity index (χ1n) is 7.54. The molecule has 1 unspecified atom stereocenters. The van der Waals surface area contributed by atoms with Crippen LogP contribution in [-0.2, 0) is 11.2 Å². The standard InChI is InChI=1S/C17H29NO/c1-4-19-11-10-17(14-18-13-15(2)3)12-16-8-6-5-7-9-16/h5-9,15,17-18H,4,10-14H2,1-3H3. The molecule has 0 aliphatic heterocycles. The lowest BCUT2D eigenvalue weighted by molar-refractivity contribution is 0.131. The van der Waals surface area contributed by atoms with Gasteiger partial charge in [0, 0.05) is 13.2 Å². The predicted octanol–water partition coefficient (Wildman–Crippen LogP) is 3.52. The van der Waals surface area contributed by atoms with E-state index < -0.39 is 0 Å². The molecule has 19 heavy (non-hydrogen) atoms. The molecule has 0 spiro atoms. The fourth-order valence-corrected chi connectivity index (χ4v) is 2.19. The van der Waals surface area contributed by atoms with Gasteiger partial charge < -0.3 is 10.1 Å². The van der Waals surface area contributed by atoms with Crippen LogP contribution in [0, 0.1) is 11.8 Å². The van der Waals surface area contributed by atoms with E-state index in [1.54, 1.807) is 0 Å². The second-order valence-electron chi connectivity index (χ2n) is 5.59. The Bertz CT molecular complexity index is 310. The van der Waals surface area contributed by atoms with E-state index in [0.717, 1.165) is 39.1 Å². The van der Waals surface area contributed by atoms with Crippen molar-refractivity contribution in [2.24, 2.45) is 11.8 Å². The van der Waals surface area contributed by atoms with Gasteiger partial charge in [0.2, 0.25) is 0 Å². The van der Waals surface area contributed by atoms with Crippen LogP contribution in [-0.4, -0.2) is 26.3 Å². The Hall–Kier alpha value is -0.860. The largest absolute Gasteiger partial charge is 0.382 e. The zero-order valence-corrected chi connectivity index (χ0v) is 12.7. The van der Waals surface area contributed by atoms with Gasteiger partial charge in [-0.25, -0.2) is 0 Å². The molecule has 1 aromatic rings. The molecule has 0 radical (unpaired) electrons. The molecule has 1 N–H and O–H groups in total. The SMILES string of the molecule is CCOCCC(CNCC(C)C)Cc1ccccc1. The lowest BCUT2D eigenvalue weighted by Gasteiger charge is -2.18. The zero-order chi connectivity index (χ0) is 13.9. The minimum Gasteiger partial charge on any atom is -0.382 e. The van der Waals surface area contributed by atoms with E-state index in [4.69, 9.17) is 4.74 Å². The van der Waals surface area contributed by atoms with Gasteiger partial charge in [-0.1, -0.05) is 44.2 Å². The Morgan fingerprint density at radius 2 is 1.84 bits per heavy atom. The first-order chi connectivity index (χ1) is 9.22. The van der Waals surface area contributed by atoms with Crippen molar-refractivity contribution in [3.8, 4) is 0 Å². The van der Waals surface area contributed by atoms with Crippen LogP contribution >= 0.6 is 0 Å². The van der Waals surface area contributed by atoms with Crippen molar-refractivity contribution in [1.29, 1.82) is 0 Å². The molecule has 1 atom stereocenters. The number of nitrogens with one attached hydrogen (secondary N) is 1. The molecule has 108 valence electrons. The van der Waals surface area contributed by atoms with Crippen LogP contribution < -0.4 is 5.32 Å². The third-order valence-electron chi connectivity index (χ3n) is 3.23. The highest BCUT2D eigenvalue weighted by atomic mass is 16.5. The summed E-state index contributed by atoms with van der Waals surface area (Å²) in [6, 6.07) is 10.8. The maximum absolute atomic E-state index is 5.50. The van der Waals surface area contributed by atoms with E-state index in [0.29, 0.717) is 11.8 Å². The molecule has 0 aliphatic carbocycles. The van der Waals surface area contributed by atoms with Gasteiger partial charge in [-0.05, 0) is 50.3 Å². The van der Waals surface area contributed by atoms with Crippen molar-refractivity contribution in [3.05, 3.63) is 35.9 Å². The first kappa shape index (κ1) is 16.2. The van der Waals surface area contributed by atoms with Gasteiger partial charge in [-0.2, -0.15) is 0 Å². The van der Waals surface area contributed by atoms with Gasteiger partial charge in [0.25, 0.3) is 0 Å². The highest BCUT2D eigenvalue weighted by Gasteiger charge is 2.10. The molecule has 0 saturated heterocycles. The van der Waals surface area contributed by atoms with Gasteiger partial charge in [-0.3, -0.25) is 0 Å². The van der Waals surface area contributed by atoms with Gasteiger partial charge >= 0.3 is 0 Å². The van der Waals surface area contributed by atoms with Crippen molar-refractivity contribution >= 4 is 0 Å². The summed E-state index contributed by atoms with van der Waals surface area (Å²) < 4.78 is 5.50. The van der Waals surface area contributed by atoms with Crippen molar-refractivity contribution in [2.75, 3.05) is 26.3 Å². The predicted molar refractivity (Wildman–Crippen MR) is 82.5 cm³/mol. The van der Waals surface area contributed by atoms with Gasteiger partial charge in [-0.15, -0.1) is 0 Å². The highest BCUT2D eigenvalue weighted by molar-refractivity contribution is 5.15. The van der Waals surface area contributed by atoms with Crippen LogP contribution in [0.1, 0.15) is 32.8 Å². The Labute approximate surface area is 118 Å². The minimum atomic E-state index is 0.660. The number of hydrogen-bond acceptors (Lipinski definition) is 2. The Balaban J connectivity index is 2.39. The Morgan fingerprint density at radius 3 is 2.47 bits per heavy atom. The van der Waals surface area contributed by atoms with E-state index in [1.807, 2.05) is 0 Å². The minimum absolute atomic E-state index is 0.660. The maximum atomic E-state index is 5.50. The van der Waals surface area contributed by atoms with Gasteiger partial charge in [0.15, 0.2) is 0 Å². The summed E-state index contributed by atoms with van der Waals surface area (Å²) in [7, 11) is 0. The molecule has 0 bridgehead atoms. The average Bonchev–Trinajstić information content (AvgIpc) is 2.39. The van der Waals surface area contributed by atoms with E-state index in [-0.39, 0.29) is 0 Å². The lowest BCUT2D eigenvalue weighted by atomic mass is 9.96. The molecule has 0 saturated carbocycles. The summed E-state index contributed by atoms with van der Waals surface area (Å²) in [5.74, 6) is 1.37. The van der Waals surface area contributed by atoms with Crippen LogP contribution in [0.3, 0.4) is 0 Å². The van der Waals surface area contributed by atoms with Crippen molar-refractivity contribution in [1.82, 2.24) is 5.32 Å². The fourth-order valence-electron chi connectivity index (χ4n) is 2.19. The molecule has 1 aromatic carbocycles. The van der Waals surface area contributed by atoms with Crippen molar-refractivity contribution in [2.45, 2.75) is 33.6 Å². The monoisotopic (exact) mass is 263 g/mol. The average molecular weight is 263 g/mol. The smallest absolute Gasteiger partial charge is 0.0469 e. The summed E-state index contributed by atoms with van der Waals surface area (Å²) >= 11 is 0. The van der Waals surface area contributed by atoms with E-state index in [1.165, 1.54) is 5.56 Å². The number of benzene rings is 1. The molecular formula is C17H29NO. The highest BCUT2D eigenvalue weighted by Crippen LogP contribution is 2.12. The van der Waals surface area contributed by atoms with Crippen LogP contribution in [0.15, 0.2) is 30.3 Å². The topological polar surface area (TPSA) is 21.3 Å². The van der Waals surface area contributed by atoms with E-state index in [9.17, 15) is 0 Å². The molecule has 0 aromatic heterocycles. The molecule has 0 aliphatic rings. The zero-order valence-electron chi connectivity index (χ0n) is 12.7. The molecule has 2 heteroatoms. The molecule has 0 amide bonds. The van der Waals surface area contributed by atoms with Gasteiger partial charge in [0.1, 0.15) is 0 Å². The van der Waals surface area contributed by atoms with E-state index >= 15 is 0 Å². The van der Waals surface area contributed by atoms with Crippen molar-refractivity contribution in [3.63, 3.8) is 0 Å². The second-order valence-corrected chi connectivity index (χ2v) is 5.59. The fraction of sp³-hybridized carbons (Fsp3) is 0.647. The summed E-state index contributed by atoms with van der Waals surface area (Å²) in [5, 5.41) is 3.58.